The first-order valence-electron chi connectivity index (χ1n) is 5.58. The predicted molar refractivity (Wildman–Crippen MR) is 73.1 cm³/mol. The number of thioether (sulfide) groups is 1. The number of aliphatic carboxylic acids is 1. The monoisotopic (exact) mass is 262 g/mol. The number of carboxylic acid groups (broad SMARTS) is 1. The van der Waals surface area contributed by atoms with E-state index in [0.717, 1.165) is 15.7 Å². The number of ether oxygens (including phenoxy) is 1. The van der Waals surface area contributed by atoms with Crippen molar-refractivity contribution < 1.29 is 14.6 Å². The SMILES string of the molecule is COCC(Sc1ccc2ccccc2c1)C(=O)O. The molecule has 1 N–H and O–H groups in total. The smallest absolute Gasteiger partial charge is 0.319 e. The molecule has 4 heteroatoms. The van der Waals surface area contributed by atoms with E-state index < -0.39 is 11.2 Å². The Morgan fingerprint density at radius 1 is 1.28 bits per heavy atom. The first kappa shape index (κ1) is 12.9. The van der Waals surface area contributed by atoms with Gasteiger partial charge in [0.25, 0.3) is 0 Å². The summed E-state index contributed by atoms with van der Waals surface area (Å²) in [5, 5.41) is 10.8. The zero-order valence-corrected chi connectivity index (χ0v) is 10.8. The van der Waals surface area contributed by atoms with E-state index in [0.29, 0.717) is 0 Å². The fraction of sp³-hybridized carbons (Fsp3) is 0.214. The Balaban J connectivity index is 2.22. The van der Waals surface area contributed by atoms with E-state index >= 15 is 0 Å². The molecule has 0 aliphatic rings. The van der Waals surface area contributed by atoms with Crippen LogP contribution in [0.1, 0.15) is 0 Å². The number of fused-ring (bicyclic) bond motifs is 1. The van der Waals surface area contributed by atoms with Crippen molar-refractivity contribution in [1.29, 1.82) is 0 Å². The Labute approximate surface area is 110 Å². The van der Waals surface area contributed by atoms with Crippen LogP contribution < -0.4 is 0 Å². The summed E-state index contributed by atoms with van der Waals surface area (Å²) >= 11 is 1.31. The van der Waals surface area contributed by atoms with Crippen molar-refractivity contribution in [2.24, 2.45) is 0 Å². The number of benzene rings is 2. The lowest BCUT2D eigenvalue weighted by Crippen LogP contribution is -2.21. The normalized spacial score (nSPS) is 12.5. The van der Waals surface area contributed by atoms with Gasteiger partial charge in [0.15, 0.2) is 0 Å². The van der Waals surface area contributed by atoms with Gasteiger partial charge < -0.3 is 9.84 Å². The van der Waals surface area contributed by atoms with Crippen molar-refractivity contribution in [3.63, 3.8) is 0 Å². The molecule has 0 radical (unpaired) electrons. The molecule has 0 aliphatic heterocycles. The fourth-order valence-corrected chi connectivity index (χ4v) is 2.69. The third-order valence-electron chi connectivity index (χ3n) is 2.59. The van der Waals surface area contributed by atoms with E-state index in [-0.39, 0.29) is 6.61 Å². The molecule has 0 spiro atoms. The highest BCUT2D eigenvalue weighted by atomic mass is 32.2. The van der Waals surface area contributed by atoms with Gasteiger partial charge in [-0.15, -0.1) is 11.8 Å². The summed E-state index contributed by atoms with van der Waals surface area (Å²) in [5.41, 5.74) is 0. The fourth-order valence-electron chi connectivity index (χ4n) is 1.71. The zero-order chi connectivity index (χ0) is 13.0. The maximum absolute atomic E-state index is 11.1. The summed E-state index contributed by atoms with van der Waals surface area (Å²) in [6.07, 6.45) is 0. The summed E-state index contributed by atoms with van der Waals surface area (Å²) in [6.45, 7) is 0.201. The molecule has 1 unspecified atom stereocenters. The Kier molecular flexibility index (Phi) is 4.23. The Bertz CT molecular complexity index is 553. The number of hydrogen-bond acceptors (Lipinski definition) is 3. The van der Waals surface area contributed by atoms with Crippen molar-refractivity contribution >= 4 is 28.5 Å². The first-order valence-corrected chi connectivity index (χ1v) is 6.46. The van der Waals surface area contributed by atoms with Crippen molar-refractivity contribution in [1.82, 2.24) is 0 Å². The molecule has 0 saturated carbocycles. The molecular weight excluding hydrogens is 248 g/mol. The van der Waals surface area contributed by atoms with Crippen LogP contribution in [-0.4, -0.2) is 30.0 Å². The van der Waals surface area contributed by atoms with Gasteiger partial charge in [-0.3, -0.25) is 4.79 Å². The van der Waals surface area contributed by atoms with Gasteiger partial charge in [0.05, 0.1) is 6.61 Å². The van der Waals surface area contributed by atoms with Gasteiger partial charge in [-0.25, -0.2) is 0 Å². The van der Waals surface area contributed by atoms with Gasteiger partial charge in [-0.1, -0.05) is 30.3 Å². The van der Waals surface area contributed by atoms with Crippen molar-refractivity contribution in [2.75, 3.05) is 13.7 Å². The number of methoxy groups -OCH3 is 1. The van der Waals surface area contributed by atoms with Crippen LogP contribution in [-0.2, 0) is 9.53 Å². The molecule has 0 fully saturated rings. The van der Waals surface area contributed by atoms with Crippen LogP contribution >= 0.6 is 11.8 Å². The third-order valence-corrected chi connectivity index (χ3v) is 3.74. The lowest BCUT2D eigenvalue weighted by molar-refractivity contribution is -0.137. The first-order chi connectivity index (χ1) is 8.70. The molecular formula is C14H14O3S. The van der Waals surface area contributed by atoms with Crippen LogP contribution in [0.2, 0.25) is 0 Å². The molecule has 2 rings (SSSR count). The number of rotatable bonds is 5. The Hall–Kier alpha value is -1.52. The summed E-state index contributed by atoms with van der Waals surface area (Å²) < 4.78 is 4.92. The molecule has 94 valence electrons. The summed E-state index contributed by atoms with van der Waals surface area (Å²) in [6, 6.07) is 14.0. The molecule has 0 amide bonds. The highest BCUT2D eigenvalue weighted by Gasteiger charge is 2.18. The van der Waals surface area contributed by atoms with Gasteiger partial charge in [-0.05, 0) is 22.9 Å². The molecule has 0 aliphatic carbocycles. The van der Waals surface area contributed by atoms with Crippen molar-refractivity contribution in [3.05, 3.63) is 42.5 Å². The average Bonchev–Trinajstić information content (AvgIpc) is 2.38. The third kappa shape index (κ3) is 3.03. The van der Waals surface area contributed by atoms with Gasteiger partial charge in [0.2, 0.25) is 0 Å². The Morgan fingerprint density at radius 2 is 2.00 bits per heavy atom. The zero-order valence-electron chi connectivity index (χ0n) is 10.00. The van der Waals surface area contributed by atoms with Crippen LogP contribution in [0.15, 0.2) is 47.4 Å². The maximum Gasteiger partial charge on any atom is 0.319 e. The van der Waals surface area contributed by atoms with Crippen molar-refractivity contribution in [2.45, 2.75) is 10.1 Å². The molecule has 0 heterocycles. The second kappa shape index (κ2) is 5.89. The molecule has 18 heavy (non-hydrogen) atoms. The summed E-state index contributed by atoms with van der Waals surface area (Å²) in [4.78, 5) is 12.0. The number of hydrogen-bond donors (Lipinski definition) is 1. The van der Waals surface area contributed by atoms with E-state index in [1.807, 2.05) is 42.5 Å². The minimum atomic E-state index is -0.852. The average molecular weight is 262 g/mol. The lowest BCUT2D eigenvalue weighted by atomic mass is 10.1. The maximum atomic E-state index is 11.1. The molecule has 0 bridgehead atoms. The molecule has 2 aromatic rings. The van der Waals surface area contributed by atoms with Crippen LogP contribution in [0.3, 0.4) is 0 Å². The highest BCUT2D eigenvalue weighted by Crippen LogP contribution is 2.27. The largest absolute Gasteiger partial charge is 0.480 e. The molecule has 0 aromatic heterocycles. The van der Waals surface area contributed by atoms with Crippen molar-refractivity contribution in [3.8, 4) is 0 Å². The van der Waals surface area contributed by atoms with Gasteiger partial charge >= 0.3 is 5.97 Å². The van der Waals surface area contributed by atoms with E-state index in [1.165, 1.54) is 18.9 Å². The summed E-state index contributed by atoms with van der Waals surface area (Å²) in [5.74, 6) is -0.852. The van der Waals surface area contributed by atoms with E-state index in [4.69, 9.17) is 9.84 Å². The van der Waals surface area contributed by atoms with Crippen LogP contribution in [0, 0.1) is 0 Å². The van der Waals surface area contributed by atoms with Gasteiger partial charge in [0.1, 0.15) is 5.25 Å². The number of carboxylic acids is 1. The minimum absolute atomic E-state index is 0.201. The van der Waals surface area contributed by atoms with Gasteiger partial charge in [0, 0.05) is 12.0 Å². The predicted octanol–water partition coefficient (Wildman–Crippen LogP) is 3.03. The standard InChI is InChI=1S/C14H14O3S/c1-17-9-13(14(15)16)18-12-7-6-10-4-2-3-5-11(10)8-12/h2-8,13H,9H2,1H3,(H,15,16). The van der Waals surface area contributed by atoms with E-state index in [2.05, 4.69) is 0 Å². The van der Waals surface area contributed by atoms with E-state index in [1.54, 1.807) is 0 Å². The molecule has 3 nitrogen and oxygen atoms in total. The lowest BCUT2D eigenvalue weighted by Gasteiger charge is -2.11. The number of carbonyl (C=O) groups is 1. The quantitative estimate of drug-likeness (QED) is 0.841. The Morgan fingerprint density at radius 3 is 2.67 bits per heavy atom. The molecule has 2 aromatic carbocycles. The van der Waals surface area contributed by atoms with Crippen LogP contribution in [0.5, 0.6) is 0 Å². The molecule has 0 saturated heterocycles. The van der Waals surface area contributed by atoms with E-state index in [9.17, 15) is 4.79 Å². The van der Waals surface area contributed by atoms with Gasteiger partial charge in [-0.2, -0.15) is 0 Å². The highest BCUT2D eigenvalue weighted by molar-refractivity contribution is 8.00. The topological polar surface area (TPSA) is 46.5 Å². The summed E-state index contributed by atoms with van der Waals surface area (Å²) in [7, 11) is 1.51. The second-order valence-corrected chi connectivity index (χ2v) is 5.19. The molecule has 1 atom stereocenters. The van der Waals surface area contributed by atoms with Crippen LogP contribution in [0.25, 0.3) is 10.8 Å². The van der Waals surface area contributed by atoms with Crippen LogP contribution in [0.4, 0.5) is 0 Å². The minimum Gasteiger partial charge on any atom is -0.480 e. The second-order valence-electron chi connectivity index (χ2n) is 3.91.